The first-order chi connectivity index (χ1) is 11.0. The standard InChI is InChI=1S/C19H24N2O2/c1-14(2)17-9-16(12-20)10-18(11-17)21(3)19(22)23-13-15-7-5-4-6-8-15/h4-11,14H,12-13,20H2,1-3H3. The van der Waals surface area contributed by atoms with Crippen LogP contribution < -0.4 is 10.6 Å². The highest BCUT2D eigenvalue weighted by molar-refractivity contribution is 5.87. The fraction of sp³-hybridized carbons (Fsp3) is 0.316. The molecule has 4 nitrogen and oxygen atoms in total. The predicted octanol–water partition coefficient (Wildman–Crippen LogP) is 4.04. The van der Waals surface area contributed by atoms with Gasteiger partial charge in [-0.1, -0.05) is 50.2 Å². The second-order valence-corrected chi connectivity index (χ2v) is 5.89. The van der Waals surface area contributed by atoms with Crippen LogP contribution in [-0.2, 0) is 17.9 Å². The first kappa shape index (κ1) is 17.0. The maximum absolute atomic E-state index is 12.3. The van der Waals surface area contributed by atoms with Crippen molar-refractivity contribution in [2.75, 3.05) is 11.9 Å². The Kier molecular flexibility index (Phi) is 5.77. The molecular weight excluding hydrogens is 288 g/mol. The van der Waals surface area contributed by atoms with Gasteiger partial charge in [-0.2, -0.15) is 0 Å². The van der Waals surface area contributed by atoms with Gasteiger partial charge in [-0.25, -0.2) is 4.79 Å². The van der Waals surface area contributed by atoms with Crippen LogP contribution in [0.25, 0.3) is 0 Å². The molecular formula is C19H24N2O2. The molecule has 0 saturated heterocycles. The van der Waals surface area contributed by atoms with E-state index in [1.54, 1.807) is 7.05 Å². The van der Waals surface area contributed by atoms with E-state index in [2.05, 4.69) is 19.9 Å². The fourth-order valence-corrected chi connectivity index (χ4v) is 2.27. The highest BCUT2D eigenvalue weighted by Gasteiger charge is 2.14. The topological polar surface area (TPSA) is 55.6 Å². The monoisotopic (exact) mass is 312 g/mol. The number of rotatable bonds is 5. The van der Waals surface area contributed by atoms with E-state index >= 15 is 0 Å². The molecule has 2 aromatic carbocycles. The molecule has 0 aliphatic heterocycles. The third kappa shape index (κ3) is 4.57. The second kappa shape index (κ2) is 7.79. The summed E-state index contributed by atoms with van der Waals surface area (Å²) in [5.74, 6) is 0.369. The molecule has 1 amide bonds. The second-order valence-electron chi connectivity index (χ2n) is 5.89. The molecule has 0 heterocycles. The molecule has 0 unspecified atom stereocenters. The number of benzene rings is 2. The van der Waals surface area contributed by atoms with Gasteiger partial charge in [-0.3, -0.25) is 4.90 Å². The summed E-state index contributed by atoms with van der Waals surface area (Å²) in [5.41, 5.74) is 9.70. The number of ether oxygens (including phenoxy) is 1. The van der Waals surface area contributed by atoms with Crippen LogP contribution in [0.2, 0.25) is 0 Å². The maximum atomic E-state index is 12.3. The lowest BCUT2D eigenvalue weighted by Crippen LogP contribution is -2.27. The van der Waals surface area contributed by atoms with Crippen LogP contribution in [0.1, 0.15) is 36.5 Å². The lowest BCUT2D eigenvalue weighted by atomic mass is 9.99. The van der Waals surface area contributed by atoms with Crippen molar-refractivity contribution in [1.29, 1.82) is 0 Å². The molecule has 122 valence electrons. The molecule has 0 aliphatic rings. The molecule has 0 aliphatic carbocycles. The van der Waals surface area contributed by atoms with Crippen LogP contribution >= 0.6 is 0 Å². The van der Waals surface area contributed by atoms with Gasteiger partial charge in [0.15, 0.2) is 0 Å². The summed E-state index contributed by atoms with van der Waals surface area (Å²) in [7, 11) is 1.72. The number of carbonyl (C=O) groups excluding carboxylic acids is 1. The molecule has 0 bridgehead atoms. The molecule has 23 heavy (non-hydrogen) atoms. The molecule has 0 spiro atoms. The summed E-state index contributed by atoms with van der Waals surface area (Å²) in [6.45, 7) is 4.94. The van der Waals surface area contributed by atoms with E-state index in [0.717, 1.165) is 22.4 Å². The summed E-state index contributed by atoms with van der Waals surface area (Å²) >= 11 is 0. The zero-order valence-electron chi connectivity index (χ0n) is 14.0. The van der Waals surface area contributed by atoms with E-state index < -0.39 is 0 Å². The van der Waals surface area contributed by atoms with E-state index in [9.17, 15) is 4.79 Å². The third-order valence-electron chi connectivity index (χ3n) is 3.77. The summed E-state index contributed by atoms with van der Waals surface area (Å²) < 4.78 is 5.37. The van der Waals surface area contributed by atoms with Gasteiger partial charge >= 0.3 is 6.09 Å². The zero-order chi connectivity index (χ0) is 16.8. The molecule has 2 rings (SSSR count). The van der Waals surface area contributed by atoms with Crippen molar-refractivity contribution in [2.45, 2.75) is 32.9 Å². The minimum absolute atomic E-state index is 0.262. The largest absolute Gasteiger partial charge is 0.444 e. The molecule has 0 atom stereocenters. The number of anilines is 1. The summed E-state index contributed by atoms with van der Waals surface area (Å²) in [6, 6.07) is 15.7. The molecule has 0 saturated carbocycles. The van der Waals surface area contributed by atoms with Gasteiger partial charge < -0.3 is 10.5 Å². The number of hydrogen-bond acceptors (Lipinski definition) is 3. The Morgan fingerprint density at radius 2 is 1.83 bits per heavy atom. The van der Waals surface area contributed by atoms with Crippen LogP contribution in [-0.4, -0.2) is 13.1 Å². The predicted molar refractivity (Wildman–Crippen MR) is 93.5 cm³/mol. The van der Waals surface area contributed by atoms with Crippen molar-refractivity contribution >= 4 is 11.8 Å². The Hall–Kier alpha value is -2.33. The Morgan fingerprint density at radius 1 is 1.13 bits per heavy atom. The normalized spacial score (nSPS) is 10.7. The number of amides is 1. The minimum atomic E-state index is -0.377. The fourth-order valence-electron chi connectivity index (χ4n) is 2.27. The summed E-state index contributed by atoms with van der Waals surface area (Å²) in [4.78, 5) is 13.8. The third-order valence-corrected chi connectivity index (χ3v) is 3.77. The molecule has 0 fully saturated rings. The lowest BCUT2D eigenvalue weighted by Gasteiger charge is -2.20. The first-order valence-corrected chi connectivity index (χ1v) is 7.79. The Labute approximate surface area is 137 Å². The van der Waals surface area contributed by atoms with Crippen molar-refractivity contribution in [3.05, 3.63) is 65.2 Å². The van der Waals surface area contributed by atoms with Gasteiger partial charge in [0, 0.05) is 19.3 Å². The highest BCUT2D eigenvalue weighted by Crippen LogP contribution is 2.24. The average Bonchev–Trinajstić information content (AvgIpc) is 2.59. The number of nitrogens with two attached hydrogens (primary N) is 1. The van der Waals surface area contributed by atoms with Crippen LogP contribution in [0.15, 0.2) is 48.5 Å². The van der Waals surface area contributed by atoms with Gasteiger partial charge in [-0.15, -0.1) is 0 Å². The molecule has 2 aromatic rings. The van der Waals surface area contributed by atoms with Crippen molar-refractivity contribution in [3.63, 3.8) is 0 Å². The van der Waals surface area contributed by atoms with Crippen LogP contribution in [0.3, 0.4) is 0 Å². The van der Waals surface area contributed by atoms with Gasteiger partial charge in [0.1, 0.15) is 6.61 Å². The summed E-state index contributed by atoms with van der Waals surface area (Å²) in [5, 5.41) is 0. The van der Waals surface area contributed by atoms with Crippen molar-refractivity contribution in [1.82, 2.24) is 0 Å². The van der Waals surface area contributed by atoms with E-state index in [1.165, 1.54) is 4.90 Å². The van der Waals surface area contributed by atoms with E-state index in [4.69, 9.17) is 10.5 Å². The first-order valence-electron chi connectivity index (χ1n) is 7.79. The van der Waals surface area contributed by atoms with Crippen LogP contribution in [0.5, 0.6) is 0 Å². The Balaban J connectivity index is 2.10. The minimum Gasteiger partial charge on any atom is -0.444 e. The van der Waals surface area contributed by atoms with E-state index in [0.29, 0.717) is 12.5 Å². The quantitative estimate of drug-likeness (QED) is 0.906. The smallest absolute Gasteiger partial charge is 0.414 e. The number of carbonyl (C=O) groups is 1. The Morgan fingerprint density at radius 3 is 2.43 bits per heavy atom. The Bertz CT molecular complexity index is 654. The van der Waals surface area contributed by atoms with Gasteiger partial charge in [0.05, 0.1) is 0 Å². The van der Waals surface area contributed by atoms with Gasteiger partial charge in [0.2, 0.25) is 0 Å². The molecule has 0 aromatic heterocycles. The summed E-state index contributed by atoms with van der Waals surface area (Å²) in [6.07, 6.45) is -0.377. The van der Waals surface area contributed by atoms with Crippen molar-refractivity contribution in [2.24, 2.45) is 5.73 Å². The van der Waals surface area contributed by atoms with Crippen molar-refractivity contribution in [3.8, 4) is 0 Å². The SMILES string of the molecule is CC(C)c1cc(CN)cc(N(C)C(=O)OCc2ccccc2)c1. The number of hydrogen-bond donors (Lipinski definition) is 1. The van der Waals surface area contributed by atoms with E-state index in [1.807, 2.05) is 42.5 Å². The van der Waals surface area contributed by atoms with Crippen molar-refractivity contribution < 1.29 is 9.53 Å². The molecule has 0 radical (unpaired) electrons. The van der Waals surface area contributed by atoms with Gasteiger partial charge in [0.25, 0.3) is 0 Å². The maximum Gasteiger partial charge on any atom is 0.414 e. The van der Waals surface area contributed by atoms with Crippen LogP contribution in [0, 0.1) is 0 Å². The highest BCUT2D eigenvalue weighted by atomic mass is 16.6. The molecule has 2 N–H and O–H groups in total. The lowest BCUT2D eigenvalue weighted by molar-refractivity contribution is 0.148. The number of nitrogens with zero attached hydrogens (tertiary/aromatic N) is 1. The van der Waals surface area contributed by atoms with Gasteiger partial charge in [-0.05, 0) is 34.7 Å². The van der Waals surface area contributed by atoms with Crippen LogP contribution in [0.4, 0.5) is 10.5 Å². The average molecular weight is 312 g/mol. The van der Waals surface area contributed by atoms with E-state index in [-0.39, 0.29) is 12.7 Å². The zero-order valence-corrected chi connectivity index (χ0v) is 14.0. The molecule has 4 heteroatoms.